The molecule has 2 aromatic carbocycles. The number of hydrogen-bond donors (Lipinski definition) is 2. The lowest BCUT2D eigenvalue weighted by atomic mass is 10.2. The predicted molar refractivity (Wildman–Crippen MR) is 110 cm³/mol. The van der Waals surface area contributed by atoms with E-state index in [2.05, 4.69) is 27.5 Å². The second-order valence-electron chi connectivity index (χ2n) is 6.35. The molecule has 0 spiro atoms. The van der Waals surface area contributed by atoms with Crippen LogP contribution in [-0.4, -0.2) is 49.9 Å². The largest absolute Gasteiger partial charge is 0.369 e. The Labute approximate surface area is 168 Å². The highest BCUT2D eigenvalue weighted by Gasteiger charge is 2.17. The molecule has 0 atom stereocenters. The summed E-state index contributed by atoms with van der Waals surface area (Å²) in [5.74, 6) is -1.60. The molecule has 6 nitrogen and oxygen atoms in total. The zero-order chi connectivity index (χ0) is 19.4. The van der Waals surface area contributed by atoms with Gasteiger partial charge in [-0.3, -0.25) is 9.59 Å². The van der Waals surface area contributed by atoms with Crippen LogP contribution in [0, 0.1) is 0 Å². The number of nitrogens with zero attached hydrogens (tertiary/aromatic N) is 2. The van der Waals surface area contributed by atoms with Crippen molar-refractivity contribution in [1.82, 2.24) is 4.90 Å². The van der Waals surface area contributed by atoms with Crippen LogP contribution in [0.4, 0.5) is 17.1 Å². The zero-order valence-electron chi connectivity index (χ0n) is 14.8. The summed E-state index contributed by atoms with van der Waals surface area (Å²) in [6, 6.07) is 12.3. The number of nitrogens with one attached hydrogen (secondary N) is 2. The Morgan fingerprint density at radius 3 is 2.19 bits per heavy atom. The number of halogens is 2. The van der Waals surface area contributed by atoms with Crippen molar-refractivity contribution in [2.24, 2.45) is 0 Å². The number of amides is 2. The van der Waals surface area contributed by atoms with Crippen LogP contribution in [0.15, 0.2) is 42.5 Å². The lowest BCUT2D eigenvalue weighted by Gasteiger charge is -2.34. The molecule has 0 saturated carbocycles. The molecule has 27 heavy (non-hydrogen) atoms. The molecule has 2 N–H and O–H groups in total. The molecule has 1 aliphatic heterocycles. The van der Waals surface area contributed by atoms with Crippen molar-refractivity contribution in [3.05, 3.63) is 52.5 Å². The van der Waals surface area contributed by atoms with Gasteiger partial charge in [0.05, 0.1) is 15.7 Å². The van der Waals surface area contributed by atoms with E-state index in [1.54, 1.807) is 30.3 Å². The fraction of sp³-hybridized carbons (Fsp3) is 0.263. The van der Waals surface area contributed by atoms with Crippen LogP contribution in [0.2, 0.25) is 10.0 Å². The summed E-state index contributed by atoms with van der Waals surface area (Å²) >= 11 is 11.9. The maximum atomic E-state index is 12.1. The maximum Gasteiger partial charge on any atom is 0.314 e. The molecule has 1 saturated heterocycles. The van der Waals surface area contributed by atoms with Gasteiger partial charge >= 0.3 is 11.8 Å². The van der Waals surface area contributed by atoms with Gasteiger partial charge in [-0.25, -0.2) is 0 Å². The highest BCUT2D eigenvalue weighted by atomic mass is 35.5. The Morgan fingerprint density at radius 2 is 1.52 bits per heavy atom. The molecule has 3 rings (SSSR count). The first kappa shape index (κ1) is 19.5. The van der Waals surface area contributed by atoms with E-state index in [1.165, 1.54) is 0 Å². The van der Waals surface area contributed by atoms with Gasteiger partial charge in [-0.05, 0) is 43.4 Å². The SMILES string of the molecule is CN1CCN(c2ccc(NC(=O)C(=O)Nc3cccc(Cl)c3Cl)cc2)CC1. The van der Waals surface area contributed by atoms with E-state index in [4.69, 9.17) is 23.2 Å². The molecule has 8 heteroatoms. The molecule has 1 aliphatic rings. The van der Waals surface area contributed by atoms with Crippen LogP contribution in [0.5, 0.6) is 0 Å². The standard InChI is InChI=1S/C19H20Cl2N4O2/c1-24-9-11-25(12-10-24)14-7-5-13(6-8-14)22-18(26)19(27)23-16-4-2-3-15(20)17(16)21/h2-8H,9-12H2,1H3,(H,22,26)(H,23,27). The first-order valence-electron chi connectivity index (χ1n) is 8.54. The highest BCUT2D eigenvalue weighted by molar-refractivity contribution is 6.47. The van der Waals surface area contributed by atoms with Gasteiger partial charge < -0.3 is 20.4 Å². The van der Waals surface area contributed by atoms with Gasteiger partial charge in [0.25, 0.3) is 0 Å². The van der Waals surface area contributed by atoms with Gasteiger partial charge in [0.1, 0.15) is 0 Å². The Balaban J connectivity index is 1.58. The van der Waals surface area contributed by atoms with E-state index >= 15 is 0 Å². The molecule has 1 fully saturated rings. The number of rotatable bonds is 3. The van der Waals surface area contributed by atoms with E-state index in [-0.39, 0.29) is 10.7 Å². The van der Waals surface area contributed by atoms with Crippen LogP contribution in [0.25, 0.3) is 0 Å². The van der Waals surface area contributed by atoms with E-state index in [0.717, 1.165) is 31.9 Å². The summed E-state index contributed by atoms with van der Waals surface area (Å²) in [6.45, 7) is 3.96. The van der Waals surface area contributed by atoms with Crippen molar-refractivity contribution in [2.45, 2.75) is 0 Å². The molecule has 2 aromatic rings. The normalized spacial score (nSPS) is 14.7. The van der Waals surface area contributed by atoms with Gasteiger partial charge in [0.15, 0.2) is 0 Å². The topological polar surface area (TPSA) is 64.7 Å². The minimum absolute atomic E-state index is 0.192. The van der Waals surface area contributed by atoms with Crippen molar-refractivity contribution in [1.29, 1.82) is 0 Å². The number of carbonyl (C=O) groups excluding carboxylic acids is 2. The quantitative estimate of drug-likeness (QED) is 0.767. The van der Waals surface area contributed by atoms with Gasteiger partial charge in [-0.2, -0.15) is 0 Å². The molecular weight excluding hydrogens is 387 g/mol. The zero-order valence-corrected chi connectivity index (χ0v) is 16.3. The molecular formula is C19H20Cl2N4O2. The van der Waals surface area contributed by atoms with Gasteiger partial charge in [-0.1, -0.05) is 29.3 Å². The van der Waals surface area contributed by atoms with E-state index in [0.29, 0.717) is 10.7 Å². The monoisotopic (exact) mass is 406 g/mol. The Hall–Kier alpha value is -2.28. The molecule has 0 bridgehead atoms. The minimum atomic E-state index is -0.817. The lowest BCUT2D eigenvalue weighted by molar-refractivity contribution is -0.132. The third-order valence-corrected chi connectivity index (χ3v) is 5.22. The Morgan fingerprint density at radius 1 is 0.889 bits per heavy atom. The first-order valence-corrected chi connectivity index (χ1v) is 9.29. The molecule has 142 valence electrons. The molecule has 0 aliphatic carbocycles. The number of hydrogen-bond acceptors (Lipinski definition) is 4. The third kappa shape index (κ3) is 4.91. The minimum Gasteiger partial charge on any atom is -0.369 e. The first-order chi connectivity index (χ1) is 12.9. The van der Waals surface area contributed by atoms with Crippen molar-refractivity contribution < 1.29 is 9.59 Å². The van der Waals surface area contributed by atoms with Crippen LogP contribution in [-0.2, 0) is 9.59 Å². The molecule has 0 aromatic heterocycles. The number of likely N-dealkylation sites (N-methyl/N-ethyl adjacent to an activating group) is 1. The summed E-state index contributed by atoms with van der Waals surface area (Å²) in [4.78, 5) is 28.8. The third-order valence-electron chi connectivity index (χ3n) is 4.40. The summed E-state index contributed by atoms with van der Waals surface area (Å²) in [7, 11) is 2.11. The van der Waals surface area contributed by atoms with Crippen LogP contribution < -0.4 is 15.5 Å². The smallest absolute Gasteiger partial charge is 0.314 e. The van der Waals surface area contributed by atoms with Crippen LogP contribution in [0.3, 0.4) is 0 Å². The average Bonchev–Trinajstić information content (AvgIpc) is 2.66. The van der Waals surface area contributed by atoms with Gasteiger partial charge in [0, 0.05) is 37.6 Å². The second-order valence-corrected chi connectivity index (χ2v) is 7.13. The average molecular weight is 407 g/mol. The van der Waals surface area contributed by atoms with Crippen LogP contribution >= 0.6 is 23.2 Å². The predicted octanol–water partition coefficient (Wildman–Crippen LogP) is 3.32. The van der Waals surface area contributed by atoms with Crippen molar-refractivity contribution >= 4 is 52.1 Å². The van der Waals surface area contributed by atoms with E-state index in [1.807, 2.05) is 12.1 Å². The summed E-state index contributed by atoms with van der Waals surface area (Å²) in [5, 5.41) is 5.53. The van der Waals surface area contributed by atoms with Crippen molar-refractivity contribution in [3.63, 3.8) is 0 Å². The maximum absolute atomic E-state index is 12.1. The van der Waals surface area contributed by atoms with Gasteiger partial charge in [0.2, 0.25) is 0 Å². The molecule has 0 unspecified atom stereocenters. The Kier molecular flexibility index (Phi) is 6.21. The van der Waals surface area contributed by atoms with Crippen molar-refractivity contribution in [3.8, 4) is 0 Å². The summed E-state index contributed by atoms with van der Waals surface area (Å²) < 4.78 is 0. The number of piperazine rings is 1. The Bertz CT molecular complexity index is 834. The van der Waals surface area contributed by atoms with Crippen molar-refractivity contribution in [2.75, 3.05) is 48.8 Å². The molecule has 0 radical (unpaired) electrons. The van der Waals surface area contributed by atoms with Crippen LogP contribution in [0.1, 0.15) is 0 Å². The summed E-state index contributed by atoms with van der Waals surface area (Å²) in [5.41, 5.74) is 1.93. The number of benzene rings is 2. The fourth-order valence-corrected chi connectivity index (χ4v) is 3.14. The second kappa shape index (κ2) is 8.61. The highest BCUT2D eigenvalue weighted by Crippen LogP contribution is 2.29. The van der Waals surface area contributed by atoms with Gasteiger partial charge in [-0.15, -0.1) is 0 Å². The van der Waals surface area contributed by atoms with E-state index < -0.39 is 11.8 Å². The number of carbonyl (C=O) groups is 2. The lowest BCUT2D eigenvalue weighted by Crippen LogP contribution is -2.44. The molecule has 2 amide bonds. The number of anilines is 3. The van der Waals surface area contributed by atoms with E-state index in [9.17, 15) is 9.59 Å². The molecule has 1 heterocycles. The summed E-state index contributed by atoms with van der Waals surface area (Å²) in [6.07, 6.45) is 0. The fourth-order valence-electron chi connectivity index (χ4n) is 2.79.